The van der Waals surface area contributed by atoms with Gasteiger partial charge in [0, 0.05) is 25.0 Å². The highest BCUT2D eigenvalue weighted by atomic mass is 35.5. The third-order valence-electron chi connectivity index (χ3n) is 5.40. The van der Waals surface area contributed by atoms with Crippen molar-refractivity contribution in [1.29, 1.82) is 0 Å². The van der Waals surface area contributed by atoms with Crippen molar-refractivity contribution >= 4 is 11.6 Å². The summed E-state index contributed by atoms with van der Waals surface area (Å²) < 4.78 is 1.88. The second kappa shape index (κ2) is 6.27. The molecule has 0 bridgehead atoms. The molecule has 0 saturated heterocycles. The largest absolute Gasteiger partial charge is 0.326 e. The average Bonchev–Trinajstić information content (AvgIpc) is 2.66. The number of rotatable bonds is 4. The Balaban J connectivity index is 2.21. The Morgan fingerprint density at radius 3 is 2.43 bits per heavy atom. The molecule has 0 aromatic carbocycles. The molecule has 1 heterocycles. The smallest absolute Gasteiger partial charge is 0.0847 e. The third kappa shape index (κ3) is 3.13. The zero-order valence-corrected chi connectivity index (χ0v) is 14.7. The molecule has 5 heteroatoms. The Hall–Kier alpha value is -0.580. The van der Waals surface area contributed by atoms with Crippen LogP contribution in [0.1, 0.15) is 44.0 Å². The van der Waals surface area contributed by atoms with Gasteiger partial charge in [-0.3, -0.25) is 4.68 Å². The highest BCUT2D eigenvalue weighted by molar-refractivity contribution is 6.31. The highest BCUT2D eigenvalue weighted by Gasteiger charge is 2.41. The van der Waals surface area contributed by atoms with Crippen LogP contribution in [0, 0.1) is 12.8 Å². The van der Waals surface area contributed by atoms with Crippen LogP contribution < -0.4 is 5.73 Å². The highest BCUT2D eigenvalue weighted by Crippen LogP contribution is 2.38. The zero-order chi connectivity index (χ0) is 15.8. The summed E-state index contributed by atoms with van der Waals surface area (Å²) in [6.07, 6.45) is 5.62. The maximum absolute atomic E-state index is 6.67. The molecule has 21 heavy (non-hydrogen) atoms. The SMILES string of the molecule is Cc1nn(C)c(CC(N)C2(N(C)C)CCC(C)CC2)c1Cl. The first kappa shape index (κ1) is 16.8. The van der Waals surface area contributed by atoms with Gasteiger partial charge in [0.15, 0.2) is 0 Å². The van der Waals surface area contributed by atoms with Crippen LogP contribution in [0.5, 0.6) is 0 Å². The fourth-order valence-corrected chi connectivity index (χ4v) is 3.95. The second-order valence-electron chi connectivity index (χ2n) is 6.96. The van der Waals surface area contributed by atoms with E-state index in [0.717, 1.165) is 41.6 Å². The molecule has 1 aliphatic carbocycles. The van der Waals surface area contributed by atoms with Gasteiger partial charge in [0.05, 0.1) is 16.4 Å². The van der Waals surface area contributed by atoms with E-state index in [1.54, 1.807) is 0 Å². The summed E-state index contributed by atoms with van der Waals surface area (Å²) in [6.45, 7) is 4.29. The Bertz CT molecular complexity index is 487. The van der Waals surface area contributed by atoms with Crippen molar-refractivity contribution in [3.63, 3.8) is 0 Å². The van der Waals surface area contributed by atoms with Gasteiger partial charge in [-0.25, -0.2) is 0 Å². The summed E-state index contributed by atoms with van der Waals surface area (Å²) in [5, 5.41) is 5.17. The first-order valence-corrected chi connectivity index (χ1v) is 8.26. The zero-order valence-electron chi connectivity index (χ0n) is 14.0. The number of hydrogen-bond donors (Lipinski definition) is 1. The molecule has 1 aliphatic rings. The summed E-state index contributed by atoms with van der Waals surface area (Å²) in [7, 11) is 6.27. The van der Waals surface area contributed by atoms with Crippen LogP contribution in [0.3, 0.4) is 0 Å². The lowest BCUT2D eigenvalue weighted by Gasteiger charge is -2.48. The summed E-state index contributed by atoms with van der Waals surface area (Å²) in [4.78, 5) is 2.33. The van der Waals surface area contributed by atoms with E-state index in [4.69, 9.17) is 17.3 Å². The first-order valence-electron chi connectivity index (χ1n) is 7.89. The molecular weight excluding hydrogens is 284 g/mol. The van der Waals surface area contributed by atoms with Crippen molar-refractivity contribution in [1.82, 2.24) is 14.7 Å². The van der Waals surface area contributed by atoms with E-state index in [1.165, 1.54) is 12.8 Å². The molecule has 4 nitrogen and oxygen atoms in total. The van der Waals surface area contributed by atoms with Gasteiger partial charge in [-0.2, -0.15) is 5.10 Å². The lowest BCUT2D eigenvalue weighted by Crippen LogP contribution is -2.59. The van der Waals surface area contributed by atoms with Gasteiger partial charge in [0.25, 0.3) is 0 Å². The number of aryl methyl sites for hydroxylation is 2. The van der Waals surface area contributed by atoms with E-state index < -0.39 is 0 Å². The summed E-state index contributed by atoms with van der Waals surface area (Å²) >= 11 is 6.39. The average molecular weight is 313 g/mol. The van der Waals surface area contributed by atoms with Crippen LogP contribution in [-0.4, -0.2) is 40.4 Å². The van der Waals surface area contributed by atoms with Gasteiger partial charge < -0.3 is 10.6 Å². The molecule has 1 fully saturated rings. The summed E-state index contributed by atoms with van der Waals surface area (Å²) in [5.41, 5.74) is 8.69. The van der Waals surface area contributed by atoms with E-state index >= 15 is 0 Å². The molecule has 0 amide bonds. The molecule has 0 radical (unpaired) electrons. The number of hydrogen-bond acceptors (Lipinski definition) is 3. The maximum Gasteiger partial charge on any atom is 0.0847 e. The number of nitrogens with zero attached hydrogens (tertiary/aromatic N) is 3. The van der Waals surface area contributed by atoms with E-state index in [0.29, 0.717) is 0 Å². The van der Waals surface area contributed by atoms with Gasteiger partial charge in [-0.05, 0) is 52.6 Å². The van der Waals surface area contributed by atoms with Gasteiger partial charge >= 0.3 is 0 Å². The van der Waals surface area contributed by atoms with Gasteiger partial charge in [0.1, 0.15) is 0 Å². The maximum atomic E-state index is 6.67. The molecule has 1 aromatic heterocycles. The molecule has 1 aromatic rings. The lowest BCUT2D eigenvalue weighted by atomic mass is 9.71. The quantitative estimate of drug-likeness (QED) is 0.930. The van der Waals surface area contributed by atoms with E-state index in [-0.39, 0.29) is 11.6 Å². The normalized spacial score (nSPS) is 28.1. The first-order chi connectivity index (χ1) is 9.78. The van der Waals surface area contributed by atoms with E-state index in [1.807, 2.05) is 18.7 Å². The van der Waals surface area contributed by atoms with Crippen LogP contribution in [0.2, 0.25) is 5.02 Å². The van der Waals surface area contributed by atoms with Crippen molar-refractivity contribution in [3.8, 4) is 0 Å². The molecule has 1 unspecified atom stereocenters. The Morgan fingerprint density at radius 1 is 1.43 bits per heavy atom. The van der Waals surface area contributed by atoms with Crippen LogP contribution >= 0.6 is 11.6 Å². The minimum absolute atomic E-state index is 0.0762. The Labute approximate surface area is 133 Å². The van der Waals surface area contributed by atoms with Crippen LogP contribution in [0.25, 0.3) is 0 Å². The Kier molecular flexibility index (Phi) is 5.01. The second-order valence-corrected chi connectivity index (χ2v) is 7.34. The minimum Gasteiger partial charge on any atom is -0.326 e. The van der Waals surface area contributed by atoms with Crippen molar-refractivity contribution in [2.75, 3.05) is 14.1 Å². The van der Waals surface area contributed by atoms with Gasteiger partial charge in [0.2, 0.25) is 0 Å². The fourth-order valence-electron chi connectivity index (χ4n) is 3.71. The molecule has 0 aliphatic heterocycles. The summed E-state index contributed by atoms with van der Waals surface area (Å²) in [6, 6.07) is 0.0762. The van der Waals surface area contributed by atoms with Crippen LogP contribution in [-0.2, 0) is 13.5 Å². The Morgan fingerprint density at radius 2 is 2.00 bits per heavy atom. The van der Waals surface area contributed by atoms with Crippen LogP contribution in [0.15, 0.2) is 0 Å². The van der Waals surface area contributed by atoms with Gasteiger partial charge in [-0.1, -0.05) is 18.5 Å². The molecule has 0 spiro atoms. The monoisotopic (exact) mass is 312 g/mol. The standard InChI is InChI=1S/C16H29ClN4/c1-11-6-8-16(9-7-11,20(3)4)14(18)10-13-15(17)12(2)19-21(13)5/h11,14H,6-10,18H2,1-5H3. The number of nitrogens with two attached hydrogens (primary N) is 1. The molecule has 1 atom stereocenters. The topological polar surface area (TPSA) is 47.1 Å². The van der Waals surface area contributed by atoms with E-state index in [2.05, 4.69) is 31.0 Å². The van der Waals surface area contributed by atoms with Crippen LogP contribution in [0.4, 0.5) is 0 Å². The third-order valence-corrected chi connectivity index (χ3v) is 5.89. The van der Waals surface area contributed by atoms with Crippen molar-refractivity contribution < 1.29 is 0 Å². The lowest BCUT2D eigenvalue weighted by molar-refractivity contribution is 0.0563. The fraction of sp³-hybridized carbons (Fsp3) is 0.812. The van der Waals surface area contributed by atoms with Gasteiger partial charge in [-0.15, -0.1) is 0 Å². The predicted octanol–water partition coefficient (Wildman–Crippen LogP) is 2.76. The predicted molar refractivity (Wildman–Crippen MR) is 88.7 cm³/mol. The summed E-state index contributed by atoms with van der Waals surface area (Å²) in [5.74, 6) is 0.813. The van der Waals surface area contributed by atoms with Crippen molar-refractivity contribution in [2.24, 2.45) is 18.7 Å². The number of halogens is 1. The van der Waals surface area contributed by atoms with Crippen molar-refractivity contribution in [3.05, 3.63) is 16.4 Å². The molecule has 2 N–H and O–H groups in total. The minimum atomic E-state index is 0.0762. The molecule has 120 valence electrons. The number of aromatic nitrogens is 2. The van der Waals surface area contributed by atoms with Crippen molar-refractivity contribution in [2.45, 2.75) is 57.5 Å². The molecular formula is C16H29ClN4. The molecule has 1 saturated carbocycles. The molecule has 2 rings (SSSR count). The van der Waals surface area contributed by atoms with E-state index in [9.17, 15) is 0 Å². The number of likely N-dealkylation sites (N-methyl/N-ethyl adjacent to an activating group) is 1.